The van der Waals surface area contributed by atoms with Crippen LogP contribution in [0.3, 0.4) is 0 Å². The Kier molecular flexibility index (Phi) is 6.59. The van der Waals surface area contributed by atoms with E-state index < -0.39 is 23.6 Å². The zero-order chi connectivity index (χ0) is 25.4. The second-order valence-electron chi connectivity index (χ2n) is 10.3. The van der Waals surface area contributed by atoms with Crippen LogP contribution in [0.5, 0.6) is 0 Å². The molecule has 3 aromatic heterocycles. The molecule has 0 spiro atoms. The summed E-state index contributed by atoms with van der Waals surface area (Å²) in [5, 5.41) is 14.7. The summed E-state index contributed by atoms with van der Waals surface area (Å²) in [5.74, 6) is 0. The highest BCUT2D eigenvalue weighted by Crippen LogP contribution is 2.39. The van der Waals surface area contributed by atoms with E-state index in [2.05, 4.69) is 40.6 Å². The van der Waals surface area contributed by atoms with E-state index in [0.29, 0.717) is 30.2 Å². The first kappa shape index (κ1) is 25.1. The Morgan fingerprint density at radius 1 is 1.31 bits per heavy atom. The van der Waals surface area contributed by atoms with Gasteiger partial charge in [0.25, 0.3) is 0 Å². The van der Waals surface area contributed by atoms with Crippen molar-refractivity contribution in [3.05, 3.63) is 42.3 Å². The van der Waals surface area contributed by atoms with E-state index in [1.165, 1.54) is 4.31 Å². The minimum absolute atomic E-state index is 0.132. The van der Waals surface area contributed by atoms with Gasteiger partial charge in [0.15, 0.2) is 0 Å². The van der Waals surface area contributed by atoms with E-state index in [9.17, 15) is 13.7 Å². The highest BCUT2D eigenvalue weighted by molar-refractivity contribution is 7.88. The fourth-order valence-corrected chi connectivity index (χ4v) is 5.91. The van der Waals surface area contributed by atoms with E-state index in [1.54, 1.807) is 23.3 Å². The molecule has 0 aliphatic carbocycles. The third-order valence-corrected chi connectivity index (χ3v) is 9.19. The Morgan fingerprint density at radius 3 is 2.69 bits per heavy atom. The largest absolute Gasteiger partial charge is 0.361 e. The highest BCUT2D eigenvalue weighted by atomic mass is 32.2. The Balaban J connectivity index is 1.65. The molecular weight excluding hydrogens is 482 g/mol. The molecule has 184 valence electrons. The van der Waals surface area contributed by atoms with Gasteiger partial charge in [-0.1, -0.05) is 19.6 Å². The van der Waals surface area contributed by atoms with E-state index >= 15 is 0 Å². The zero-order valence-corrected chi connectivity index (χ0v) is 22.2. The van der Waals surface area contributed by atoms with Gasteiger partial charge in [-0.15, -0.1) is 0 Å². The fraction of sp³-hybridized carbons (Fsp3) is 0.478. The van der Waals surface area contributed by atoms with Crippen LogP contribution in [0.1, 0.15) is 6.42 Å². The number of rotatable bonds is 9. The molecule has 0 radical (unpaired) electrons. The molecule has 0 bridgehead atoms. The predicted molar refractivity (Wildman–Crippen MR) is 136 cm³/mol. The van der Waals surface area contributed by atoms with Crippen LogP contribution in [0.2, 0.25) is 25.7 Å². The molecule has 0 amide bonds. The molecule has 3 aromatic rings. The van der Waals surface area contributed by atoms with Crippen molar-refractivity contribution in [3.8, 4) is 17.2 Å². The third kappa shape index (κ3) is 5.02. The second-order valence-corrected chi connectivity index (χ2v) is 17.9. The van der Waals surface area contributed by atoms with Gasteiger partial charge in [0.05, 0.1) is 31.5 Å². The molecule has 0 unspecified atom stereocenters. The summed E-state index contributed by atoms with van der Waals surface area (Å²) in [6.45, 7) is 16.0. The number of hydrogen-bond donors (Lipinski definition) is 0. The first-order chi connectivity index (χ1) is 16.5. The SMILES string of the molecule is [C-]#[N+]c1cnc2c(ccn2COCC[Si](C)(C)C)c1-c1cnn(C2(CC#N)CN(S(C)(=O)=O)C2)c1. The average molecular weight is 512 g/mol. The second kappa shape index (κ2) is 9.20. The lowest BCUT2D eigenvalue weighted by atomic mass is 9.89. The third-order valence-electron chi connectivity index (χ3n) is 6.29. The average Bonchev–Trinajstić information content (AvgIpc) is 3.39. The summed E-state index contributed by atoms with van der Waals surface area (Å²) in [4.78, 5) is 8.18. The first-order valence-corrected chi connectivity index (χ1v) is 16.8. The minimum Gasteiger partial charge on any atom is -0.361 e. The van der Waals surface area contributed by atoms with Gasteiger partial charge in [0, 0.05) is 62.9 Å². The van der Waals surface area contributed by atoms with Crippen LogP contribution >= 0.6 is 0 Å². The Hall–Kier alpha value is -3.03. The number of nitrogens with zero attached hydrogens (tertiary/aromatic N) is 7. The van der Waals surface area contributed by atoms with Crippen LogP contribution in [0.4, 0.5) is 5.69 Å². The van der Waals surface area contributed by atoms with E-state index in [0.717, 1.165) is 23.2 Å². The van der Waals surface area contributed by atoms with Crippen molar-refractivity contribution in [1.82, 2.24) is 23.6 Å². The van der Waals surface area contributed by atoms with Crippen molar-refractivity contribution in [1.29, 1.82) is 5.26 Å². The number of fused-ring (bicyclic) bond motifs is 1. The maximum atomic E-state index is 11.9. The van der Waals surface area contributed by atoms with Gasteiger partial charge in [0.2, 0.25) is 15.7 Å². The lowest BCUT2D eigenvalue weighted by Crippen LogP contribution is -2.63. The molecule has 0 N–H and O–H groups in total. The Labute approximate surface area is 206 Å². The quantitative estimate of drug-likeness (QED) is 0.246. The van der Waals surface area contributed by atoms with Crippen LogP contribution in [0.25, 0.3) is 27.0 Å². The Morgan fingerprint density at radius 2 is 2.06 bits per heavy atom. The molecule has 4 rings (SSSR count). The van der Waals surface area contributed by atoms with Crippen LogP contribution in [-0.2, 0) is 27.0 Å². The van der Waals surface area contributed by atoms with Gasteiger partial charge < -0.3 is 9.30 Å². The van der Waals surface area contributed by atoms with Gasteiger partial charge in [-0.3, -0.25) is 4.68 Å². The molecule has 1 aliphatic rings. The molecule has 1 fully saturated rings. The number of sulfonamides is 1. The number of aromatic nitrogens is 4. The fourth-order valence-electron chi connectivity index (χ4n) is 4.20. The number of ether oxygens (including phenoxy) is 1. The molecule has 10 nitrogen and oxygen atoms in total. The van der Waals surface area contributed by atoms with Gasteiger partial charge in [-0.05, 0) is 12.1 Å². The summed E-state index contributed by atoms with van der Waals surface area (Å²) >= 11 is 0. The molecule has 35 heavy (non-hydrogen) atoms. The van der Waals surface area contributed by atoms with Crippen LogP contribution in [0.15, 0.2) is 30.9 Å². The monoisotopic (exact) mass is 511 g/mol. The summed E-state index contributed by atoms with van der Waals surface area (Å²) in [6.07, 6.45) is 8.21. The Bertz CT molecular complexity index is 1430. The van der Waals surface area contributed by atoms with Gasteiger partial charge in [-0.25, -0.2) is 18.2 Å². The first-order valence-electron chi connectivity index (χ1n) is 11.3. The maximum absolute atomic E-state index is 11.9. The normalized spacial score (nSPS) is 16.1. The molecule has 0 atom stereocenters. The molecule has 0 aromatic carbocycles. The van der Waals surface area contributed by atoms with Crippen LogP contribution in [0, 0.1) is 17.9 Å². The molecule has 12 heteroatoms. The van der Waals surface area contributed by atoms with Gasteiger partial charge in [0.1, 0.15) is 17.9 Å². The summed E-state index contributed by atoms with van der Waals surface area (Å²) in [7, 11) is -4.52. The smallest absolute Gasteiger partial charge is 0.213 e. The lowest BCUT2D eigenvalue weighted by molar-refractivity contribution is 0.0724. The van der Waals surface area contributed by atoms with Gasteiger partial charge >= 0.3 is 0 Å². The lowest BCUT2D eigenvalue weighted by Gasteiger charge is -2.47. The van der Waals surface area contributed by atoms with Crippen LogP contribution in [-0.4, -0.2) is 66.1 Å². The van der Waals surface area contributed by atoms with Crippen molar-refractivity contribution in [2.24, 2.45) is 0 Å². The predicted octanol–water partition coefficient (Wildman–Crippen LogP) is 3.65. The van der Waals surface area contributed by atoms with Crippen molar-refractivity contribution < 1.29 is 13.2 Å². The minimum atomic E-state index is -3.34. The van der Waals surface area contributed by atoms with E-state index in [4.69, 9.17) is 11.3 Å². The molecule has 4 heterocycles. The molecule has 0 saturated carbocycles. The van der Waals surface area contributed by atoms with Crippen molar-refractivity contribution >= 4 is 34.8 Å². The molecule has 1 saturated heterocycles. The number of pyridine rings is 1. The topological polar surface area (TPSA) is 110 Å². The van der Waals surface area contributed by atoms with Crippen molar-refractivity contribution in [2.45, 2.75) is 44.4 Å². The molecular formula is C23H29N7O3SSi. The van der Waals surface area contributed by atoms with Gasteiger partial charge in [-0.2, -0.15) is 14.7 Å². The molecule has 1 aliphatic heterocycles. The van der Waals surface area contributed by atoms with E-state index in [-0.39, 0.29) is 19.5 Å². The summed E-state index contributed by atoms with van der Waals surface area (Å²) in [6, 6.07) is 5.16. The summed E-state index contributed by atoms with van der Waals surface area (Å²) < 4.78 is 34.6. The number of nitriles is 1. The maximum Gasteiger partial charge on any atom is 0.213 e. The van der Waals surface area contributed by atoms with Crippen molar-refractivity contribution in [3.63, 3.8) is 0 Å². The highest BCUT2D eigenvalue weighted by Gasteiger charge is 2.49. The summed E-state index contributed by atoms with van der Waals surface area (Å²) in [5.41, 5.74) is 1.82. The standard InChI is InChI=1S/C23H29N7O3SSi/c1-25-20-13-26-22-19(6-9-28(22)17-33-10-11-35(3,4)5)21(20)18-12-27-30(14-18)23(7-8-24)15-29(16-23)34(2,31)32/h6,9,12-14H,7,10-11,15-17H2,2-5H3. The van der Waals surface area contributed by atoms with E-state index in [1.807, 2.05) is 16.8 Å². The zero-order valence-electron chi connectivity index (χ0n) is 20.4. The number of hydrogen-bond acceptors (Lipinski definition) is 6. The van der Waals surface area contributed by atoms with Crippen molar-refractivity contribution in [2.75, 3.05) is 26.0 Å². The van der Waals surface area contributed by atoms with Crippen LogP contribution < -0.4 is 0 Å².